The topological polar surface area (TPSA) is 60.2 Å². The second-order valence-electron chi connectivity index (χ2n) is 6.42. The summed E-state index contributed by atoms with van der Waals surface area (Å²) in [6.07, 6.45) is 3.44. The van der Waals surface area contributed by atoms with Crippen LogP contribution in [0.2, 0.25) is 0 Å². The van der Waals surface area contributed by atoms with Crippen molar-refractivity contribution >= 4 is 17.7 Å². The van der Waals surface area contributed by atoms with E-state index in [2.05, 4.69) is 21.7 Å². The number of aromatic nitrogens is 3. The van der Waals surface area contributed by atoms with Gasteiger partial charge in [0.25, 0.3) is 0 Å². The molecule has 1 saturated heterocycles. The average molecular weight is 375 g/mol. The molecule has 7 heteroatoms. The van der Waals surface area contributed by atoms with Crippen molar-refractivity contribution < 1.29 is 9.53 Å². The molecule has 1 aromatic carbocycles. The maximum Gasteiger partial charge on any atom is 0.235 e. The summed E-state index contributed by atoms with van der Waals surface area (Å²) in [6, 6.07) is 7.79. The van der Waals surface area contributed by atoms with Crippen molar-refractivity contribution in [3.63, 3.8) is 0 Å². The fraction of sp³-hybridized carbons (Fsp3) is 0.526. The van der Waals surface area contributed by atoms with Crippen LogP contribution in [-0.4, -0.2) is 51.0 Å². The van der Waals surface area contributed by atoms with Gasteiger partial charge < -0.3 is 14.2 Å². The Labute approximate surface area is 158 Å². The minimum atomic E-state index is -0.161. The van der Waals surface area contributed by atoms with Crippen LogP contribution < -0.4 is 4.74 Å². The van der Waals surface area contributed by atoms with Crippen molar-refractivity contribution in [1.82, 2.24) is 19.7 Å². The van der Waals surface area contributed by atoms with E-state index >= 15 is 0 Å². The summed E-state index contributed by atoms with van der Waals surface area (Å²) in [4.78, 5) is 14.7. The van der Waals surface area contributed by atoms with Gasteiger partial charge in [0.2, 0.25) is 5.91 Å². The summed E-state index contributed by atoms with van der Waals surface area (Å²) in [6.45, 7) is 6.53. The Balaban J connectivity index is 1.75. The highest BCUT2D eigenvalue weighted by Gasteiger charge is 2.25. The summed E-state index contributed by atoms with van der Waals surface area (Å²) in [7, 11) is 1.65. The number of carbonyl (C=O) groups excluding carboxylic acids is 1. The van der Waals surface area contributed by atoms with Crippen LogP contribution in [-0.2, 0) is 11.3 Å². The molecule has 2 heterocycles. The van der Waals surface area contributed by atoms with Crippen molar-refractivity contribution in [2.24, 2.45) is 0 Å². The summed E-state index contributed by atoms with van der Waals surface area (Å²) in [5.41, 5.74) is 0.988. The van der Waals surface area contributed by atoms with Crippen molar-refractivity contribution in [2.45, 2.75) is 50.1 Å². The number of hydrogen-bond donors (Lipinski definition) is 0. The fourth-order valence-electron chi connectivity index (χ4n) is 3.19. The molecule has 26 heavy (non-hydrogen) atoms. The number of hydrogen-bond acceptors (Lipinski definition) is 5. The van der Waals surface area contributed by atoms with Crippen LogP contribution in [0.3, 0.4) is 0 Å². The molecule has 0 saturated carbocycles. The van der Waals surface area contributed by atoms with Gasteiger partial charge in [-0.25, -0.2) is 0 Å². The van der Waals surface area contributed by atoms with Gasteiger partial charge in [-0.1, -0.05) is 11.8 Å². The van der Waals surface area contributed by atoms with Crippen molar-refractivity contribution in [1.29, 1.82) is 0 Å². The lowest BCUT2D eigenvalue weighted by Crippen LogP contribution is -2.40. The largest absolute Gasteiger partial charge is 0.497 e. The standard InChI is InChI=1S/C19H26N4O2S/c1-4-23-17(15-8-10-16(25-3)11-9-15)20-21-19(23)26-14(2)18(24)22-12-6-5-7-13-22/h8-11,14H,4-7,12-13H2,1-3H3/t14-/m1/s1. The first-order valence-corrected chi connectivity index (χ1v) is 10.0. The molecule has 1 aromatic heterocycles. The number of carbonyl (C=O) groups is 1. The molecule has 6 nitrogen and oxygen atoms in total. The average Bonchev–Trinajstić information content (AvgIpc) is 3.10. The number of piperidine rings is 1. The summed E-state index contributed by atoms with van der Waals surface area (Å²) >= 11 is 1.49. The molecular weight excluding hydrogens is 348 g/mol. The molecular formula is C19H26N4O2S. The Kier molecular flexibility index (Phi) is 6.19. The van der Waals surface area contributed by atoms with Gasteiger partial charge in [0, 0.05) is 25.2 Å². The highest BCUT2D eigenvalue weighted by atomic mass is 32.2. The quantitative estimate of drug-likeness (QED) is 0.725. The molecule has 0 unspecified atom stereocenters. The molecule has 3 rings (SSSR count). The lowest BCUT2D eigenvalue weighted by Gasteiger charge is -2.28. The fourth-order valence-corrected chi connectivity index (χ4v) is 4.19. The predicted octanol–water partition coefficient (Wildman–Crippen LogP) is 3.47. The van der Waals surface area contributed by atoms with Gasteiger partial charge >= 0.3 is 0 Å². The lowest BCUT2D eigenvalue weighted by molar-refractivity contribution is -0.131. The molecule has 1 atom stereocenters. The molecule has 0 spiro atoms. The first-order valence-electron chi connectivity index (χ1n) is 9.17. The summed E-state index contributed by atoms with van der Waals surface area (Å²) < 4.78 is 7.28. The van der Waals surface area contributed by atoms with E-state index in [0.717, 1.165) is 54.8 Å². The molecule has 2 aromatic rings. The number of benzene rings is 1. The second kappa shape index (κ2) is 8.58. The number of ether oxygens (including phenoxy) is 1. The van der Waals surface area contributed by atoms with Crippen molar-refractivity contribution in [3.05, 3.63) is 24.3 Å². The van der Waals surface area contributed by atoms with Crippen LogP contribution in [0.1, 0.15) is 33.1 Å². The number of thioether (sulfide) groups is 1. The summed E-state index contributed by atoms with van der Waals surface area (Å²) in [5.74, 6) is 1.83. The zero-order valence-electron chi connectivity index (χ0n) is 15.6. The third-order valence-corrected chi connectivity index (χ3v) is 5.75. The lowest BCUT2D eigenvalue weighted by atomic mass is 10.1. The van der Waals surface area contributed by atoms with Crippen LogP contribution in [0.25, 0.3) is 11.4 Å². The van der Waals surface area contributed by atoms with E-state index in [1.165, 1.54) is 18.2 Å². The van der Waals surface area contributed by atoms with E-state index in [4.69, 9.17) is 4.74 Å². The van der Waals surface area contributed by atoms with Crippen LogP contribution in [0.15, 0.2) is 29.4 Å². The van der Waals surface area contributed by atoms with E-state index in [-0.39, 0.29) is 11.2 Å². The number of likely N-dealkylation sites (tertiary alicyclic amines) is 1. The Morgan fingerprint density at radius 1 is 1.19 bits per heavy atom. The van der Waals surface area contributed by atoms with Gasteiger partial charge in [0.05, 0.1) is 12.4 Å². The van der Waals surface area contributed by atoms with Crippen molar-refractivity contribution in [2.75, 3.05) is 20.2 Å². The molecule has 1 aliphatic heterocycles. The zero-order chi connectivity index (χ0) is 18.5. The van der Waals surface area contributed by atoms with E-state index < -0.39 is 0 Å². The van der Waals surface area contributed by atoms with E-state index in [0.29, 0.717) is 0 Å². The molecule has 0 N–H and O–H groups in total. The third-order valence-electron chi connectivity index (χ3n) is 4.68. The minimum Gasteiger partial charge on any atom is -0.497 e. The Morgan fingerprint density at radius 2 is 1.88 bits per heavy atom. The van der Waals surface area contributed by atoms with Crippen LogP contribution >= 0.6 is 11.8 Å². The molecule has 0 radical (unpaired) electrons. The Hall–Kier alpha value is -2.02. The highest BCUT2D eigenvalue weighted by molar-refractivity contribution is 8.00. The van der Waals surface area contributed by atoms with Gasteiger partial charge in [0.1, 0.15) is 5.75 Å². The van der Waals surface area contributed by atoms with Gasteiger partial charge in [-0.15, -0.1) is 10.2 Å². The first-order chi connectivity index (χ1) is 12.6. The van der Waals surface area contributed by atoms with Crippen molar-refractivity contribution in [3.8, 4) is 17.1 Å². The third kappa shape index (κ3) is 4.03. The highest BCUT2D eigenvalue weighted by Crippen LogP contribution is 2.29. The smallest absolute Gasteiger partial charge is 0.235 e. The maximum absolute atomic E-state index is 12.7. The molecule has 1 amide bonds. The molecule has 140 valence electrons. The molecule has 0 aliphatic carbocycles. The van der Waals surface area contributed by atoms with Crippen LogP contribution in [0.5, 0.6) is 5.75 Å². The zero-order valence-corrected chi connectivity index (χ0v) is 16.5. The number of methoxy groups -OCH3 is 1. The molecule has 1 aliphatic rings. The predicted molar refractivity (Wildman–Crippen MR) is 103 cm³/mol. The van der Waals surface area contributed by atoms with E-state index in [1.54, 1.807) is 7.11 Å². The Morgan fingerprint density at radius 3 is 2.50 bits per heavy atom. The maximum atomic E-state index is 12.7. The number of rotatable bonds is 6. The van der Waals surface area contributed by atoms with Crippen LogP contribution in [0, 0.1) is 0 Å². The number of amides is 1. The van der Waals surface area contributed by atoms with Gasteiger partial charge in [0.15, 0.2) is 11.0 Å². The number of nitrogens with zero attached hydrogens (tertiary/aromatic N) is 4. The molecule has 1 fully saturated rings. The Bertz CT molecular complexity index is 738. The minimum absolute atomic E-state index is 0.161. The summed E-state index contributed by atoms with van der Waals surface area (Å²) in [5, 5.41) is 9.34. The molecule has 0 bridgehead atoms. The normalized spacial score (nSPS) is 15.7. The van der Waals surface area contributed by atoms with E-state index in [1.807, 2.05) is 36.1 Å². The monoisotopic (exact) mass is 374 g/mol. The SMILES string of the molecule is CCn1c(S[C@H](C)C(=O)N2CCCCC2)nnc1-c1ccc(OC)cc1. The second-order valence-corrected chi connectivity index (χ2v) is 7.73. The van der Waals surface area contributed by atoms with Gasteiger partial charge in [-0.3, -0.25) is 4.79 Å². The first kappa shape index (κ1) is 18.8. The van der Waals surface area contributed by atoms with Gasteiger partial charge in [-0.05, 0) is 57.4 Å². The van der Waals surface area contributed by atoms with Gasteiger partial charge in [-0.2, -0.15) is 0 Å². The van der Waals surface area contributed by atoms with E-state index in [9.17, 15) is 4.79 Å². The van der Waals surface area contributed by atoms with Crippen LogP contribution in [0.4, 0.5) is 0 Å².